The smallest absolute Gasteiger partial charge is 0.257 e. The molecule has 0 fully saturated rings. The van der Waals surface area contributed by atoms with Gasteiger partial charge in [-0.25, -0.2) is 0 Å². The van der Waals surface area contributed by atoms with Crippen molar-refractivity contribution in [1.82, 2.24) is 10.6 Å². The number of amides is 5. The molecular weight excluding hydrogens is 1310 g/mol. The number of carbonyl (C=O) groups is 5. The highest BCUT2D eigenvalue weighted by atomic mass is 127. The second-order valence-electron chi connectivity index (χ2n) is 9.07. The van der Waals surface area contributed by atoms with Gasteiger partial charge in [-0.3, -0.25) is 24.0 Å². The predicted molar refractivity (Wildman–Crippen MR) is 219 cm³/mol. The van der Waals surface area contributed by atoms with Crippen molar-refractivity contribution in [3.05, 3.63) is 38.1 Å². The van der Waals surface area contributed by atoms with Crippen LogP contribution in [-0.4, -0.2) is 112 Å². The van der Waals surface area contributed by atoms with E-state index in [0.29, 0.717) is 0 Å². The molecular formula is C25H25I6N5O11. The molecule has 0 atom stereocenters. The summed E-state index contributed by atoms with van der Waals surface area (Å²) in [6.07, 6.45) is 0. The summed E-state index contributed by atoms with van der Waals surface area (Å²) in [5, 5.41) is 69.3. The van der Waals surface area contributed by atoms with Gasteiger partial charge in [0.2, 0.25) is 11.8 Å². The highest BCUT2D eigenvalue weighted by Crippen LogP contribution is 2.41. The molecule has 0 radical (unpaired) electrons. The number of nitrogens with one attached hydrogen (secondary N) is 5. The molecule has 0 saturated heterocycles. The van der Waals surface area contributed by atoms with Crippen LogP contribution in [-0.2, 0) is 9.59 Å². The van der Waals surface area contributed by atoms with E-state index in [9.17, 15) is 54.6 Å². The van der Waals surface area contributed by atoms with E-state index in [1.165, 1.54) is 0 Å². The molecule has 0 bridgehead atoms. The summed E-state index contributed by atoms with van der Waals surface area (Å²) in [5.74, 6) is -4.03. The van der Waals surface area contributed by atoms with Crippen LogP contribution in [0.5, 0.6) is 0 Å². The Balaban J connectivity index is 2.87. The first kappa shape index (κ1) is 43.1. The summed E-state index contributed by atoms with van der Waals surface area (Å²) in [4.78, 5) is 65.3. The summed E-state index contributed by atoms with van der Waals surface area (Å²) in [6.45, 7) is -4.14. The van der Waals surface area contributed by atoms with Gasteiger partial charge in [-0.1, -0.05) is 0 Å². The number of hydrogen-bond donors (Lipinski definition) is 11. The zero-order valence-corrected chi connectivity index (χ0v) is 36.3. The van der Waals surface area contributed by atoms with Crippen LogP contribution in [0.1, 0.15) is 31.1 Å². The lowest BCUT2D eigenvalue weighted by Crippen LogP contribution is -2.41. The molecule has 0 aliphatic carbocycles. The van der Waals surface area contributed by atoms with Crippen molar-refractivity contribution in [1.29, 1.82) is 0 Å². The molecule has 0 heterocycles. The summed E-state index contributed by atoms with van der Waals surface area (Å²) in [6, 6.07) is -2.06. The lowest BCUT2D eigenvalue weighted by Gasteiger charge is -2.23. The third-order valence-electron chi connectivity index (χ3n) is 5.92. The Bertz CT molecular complexity index is 1570. The molecule has 5 amide bonds. The van der Waals surface area contributed by atoms with Crippen LogP contribution in [0.25, 0.3) is 0 Å². The Morgan fingerprint density at radius 1 is 0.447 bits per heavy atom. The maximum absolute atomic E-state index is 14.1. The van der Waals surface area contributed by atoms with E-state index in [-0.39, 0.29) is 55.2 Å². The second-order valence-corrected chi connectivity index (χ2v) is 15.5. The number of anilines is 3. The van der Waals surface area contributed by atoms with Crippen molar-refractivity contribution in [2.24, 2.45) is 0 Å². The molecule has 22 heteroatoms. The van der Waals surface area contributed by atoms with Crippen molar-refractivity contribution >= 4 is 182 Å². The van der Waals surface area contributed by atoms with Gasteiger partial charge in [0.25, 0.3) is 17.7 Å². The first-order valence-corrected chi connectivity index (χ1v) is 19.2. The molecule has 2 aromatic rings. The molecule has 0 aliphatic heterocycles. The molecule has 0 spiro atoms. The second kappa shape index (κ2) is 20.1. The van der Waals surface area contributed by atoms with Crippen molar-refractivity contribution in [3.8, 4) is 0 Å². The molecule has 0 aliphatic rings. The molecule has 258 valence electrons. The molecule has 47 heavy (non-hydrogen) atoms. The Morgan fingerprint density at radius 3 is 1.09 bits per heavy atom. The molecule has 0 unspecified atom stereocenters. The van der Waals surface area contributed by atoms with E-state index >= 15 is 0 Å². The maximum atomic E-state index is 14.1. The molecule has 11 N–H and O–H groups in total. The van der Waals surface area contributed by atoms with Gasteiger partial charge in [0.15, 0.2) is 0 Å². The van der Waals surface area contributed by atoms with E-state index in [4.69, 9.17) is 0 Å². The first-order valence-electron chi connectivity index (χ1n) is 12.7. The van der Waals surface area contributed by atoms with Crippen molar-refractivity contribution in [3.63, 3.8) is 0 Å². The van der Waals surface area contributed by atoms with Gasteiger partial charge < -0.3 is 57.2 Å². The number of carbonyl (C=O) groups excluding carboxylic acids is 5. The van der Waals surface area contributed by atoms with Crippen LogP contribution in [0.2, 0.25) is 0 Å². The third kappa shape index (κ3) is 10.5. The first-order chi connectivity index (χ1) is 22.1. The Hall–Kier alpha value is -0.0700. The van der Waals surface area contributed by atoms with Gasteiger partial charge in [-0.05, 0) is 136 Å². The van der Waals surface area contributed by atoms with E-state index < -0.39 is 81.3 Å². The minimum atomic E-state index is -1.04. The number of hydrogen-bond acceptors (Lipinski definition) is 11. The Kier molecular flexibility index (Phi) is 18.4. The molecule has 16 nitrogen and oxygen atoms in total. The average molecular weight is 1330 g/mol. The lowest BCUT2D eigenvalue weighted by atomic mass is 10.1. The lowest BCUT2D eigenvalue weighted by molar-refractivity contribution is -0.119. The number of benzene rings is 2. The monoisotopic (exact) mass is 1330 g/mol. The SMILES string of the molecule is O=C(CO)Nc1c(I)c(NC(=O)c2c(I)c(NC(=O)CO)c(I)c(C(=O)NC(CO)CO)c2I)c(I)c(C(=O)NC(CO)CO)c1I. The number of aliphatic hydroxyl groups excluding tert-OH is 6. The van der Waals surface area contributed by atoms with Gasteiger partial charge in [0.1, 0.15) is 13.2 Å². The fourth-order valence-electron chi connectivity index (χ4n) is 3.60. The van der Waals surface area contributed by atoms with E-state index in [1.54, 1.807) is 113 Å². The van der Waals surface area contributed by atoms with Crippen LogP contribution in [0, 0.1) is 21.4 Å². The van der Waals surface area contributed by atoms with Crippen molar-refractivity contribution in [2.45, 2.75) is 12.1 Å². The standard InChI is InChI=1S/C25H25I6N5O11/c26-14-11(23(45)32-7(1-37)2-38)15(27)20(34-9(43)5-41)16(28)12(14)25(47)36-22-18(30)13(24(46)33-8(3-39)4-40)17(29)21(19(22)31)35-10(44)6-42/h7-8,37-42H,1-6H2,(H,32,45)(H,33,46)(H,34,43)(H,35,44)(H,36,47). The van der Waals surface area contributed by atoms with E-state index in [1.807, 2.05) is 22.6 Å². The van der Waals surface area contributed by atoms with Crippen molar-refractivity contribution in [2.75, 3.05) is 55.6 Å². The van der Waals surface area contributed by atoms with Crippen molar-refractivity contribution < 1.29 is 54.6 Å². The van der Waals surface area contributed by atoms with Gasteiger partial charge >= 0.3 is 0 Å². The summed E-state index contributed by atoms with van der Waals surface area (Å²) in [7, 11) is 0. The van der Waals surface area contributed by atoms with Gasteiger partial charge in [0, 0.05) is 3.57 Å². The summed E-state index contributed by atoms with van der Waals surface area (Å²) in [5.41, 5.74) is -0.0993. The van der Waals surface area contributed by atoms with Gasteiger partial charge in [0.05, 0.1) is 90.1 Å². The molecule has 2 rings (SSSR count). The number of halogens is 6. The van der Waals surface area contributed by atoms with Gasteiger partial charge in [-0.2, -0.15) is 0 Å². The summed E-state index contributed by atoms with van der Waals surface area (Å²) < 4.78 is 1.13. The van der Waals surface area contributed by atoms with E-state index in [0.717, 1.165) is 0 Å². The maximum Gasteiger partial charge on any atom is 0.257 e. The zero-order valence-electron chi connectivity index (χ0n) is 23.4. The van der Waals surface area contributed by atoms with Crippen LogP contribution in [0.15, 0.2) is 0 Å². The predicted octanol–water partition coefficient (Wildman–Crippen LogP) is 0.594. The van der Waals surface area contributed by atoms with Crippen LogP contribution < -0.4 is 26.6 Å². The normalized spacial score (nSPS) is 11.0. The minimum absolute atomic E-state index is 0.0209. The topological polar surface area (TPSA) is 267 Å². The quantitative estimate of drug-likeness (QED) is 0.117. The third-order valence-corrected chi connectivity index (χ3v) is 12.4. The highest BCUT2D eigenvalue weighted by molar-refractivity contribution is 14.1. The summed E-state index contributed by atoms with van der Waals surface area (Å²) >= 11 is 10.8. The van der Waals surface area contributed by atoms with Crippen LogP contribution in [0.3, 0.4) is 0 Å². The number of rotatable bonds is 14. The van der Waals surface area contributed by atoms with E-state index in [2.05, 4.69) is 26.6 Å². The fourth-order valence-corrected chi connectivity index (χ4v) is 12.2. The van der Waals surface area contributed by atoms with Crippen LogP contribution >= 0.6 is 136 Å². The average Bonchev–Trinajstić information content (AvgIpc) is 3.04. The van der Waals surface area contributed by atoms with Crippen LogP contribution in [0.4, 0.5) is 17.1 Å². The zero-order chi connectivity index (χ0) is 35.7. The number of aliphatic hydroxyl groups is 6. The largest absolute Gasteiger partial charge is 0.394 e. The Morgan fingerprint density at radius 2 is 0.745 bits per heavy atom. The van der Waals surface area contributed by atoms with Gasteiger partial charge in [-0.15, -0.1) is 0 Å². The molecule has 0 saturated carbocycles. The Labute approximate surface area is 348 Å². The fraction of sp³-hybridized carbons (Fsp3) is 0.320. The minimum Gasteiger partial charge on any atom is -0.394 e. The highest BCUT2D eigenvalue weighted by Gasteiger charge is 2.32. The molecule has 2 aromatic carbocycles. The molecule has 0 aromatic heterocycles.